The predicted octanol–water partition coefficient (Wildman–Crippen LogP) is 2.99. The van der Waals surface area contributed by atoms with E-state index in [1.165, 1.54) is 11.1 Å². The summed E-state index contributed by atoms with van der Waals surface area (Å²) < 4.78 is 0. The van der Waals surface area contributed by atoms with Crippen molar-refractivity contribution in [1.29, 1.82) is 0 Å². The van der Waals surface area contributed by atoms with E-state index in [1.54, 1.807) is 0 Å². The lowest BCUT2D eigenvalue weighted by molar-refractivity contribution is -0.135. The van der Waals surface area contributed by atoms with Crippen molar-refractivity contribution in [3.63, 3.8) is 0 Å². The van der Waals surface area contributed by atoms with Crippen LogP contribution in [0.5, 0.6) is 0 Å². The lowest BCUT2D eigenvalue weighted by atomic mass is 10.1. The van der Waals surface area contributed by atoms with Gasteiger partial charge in [0.2, 0.25) is 0 Å². The van der Waals surface area contributed by atoms with Gasteiger partial charge in [0.05, 0.1) is 0 Å². The molecule has 1 aromatic carbocycles. The molecule has 0 saturated heterocycles. The normalized spacial score (nSPS) is 9.32. The molecular formula is C20H30N4O4. The van der Waals surface area contributed by atoms with E-state index in [9.17, 15) is 0 Å². The number of carbonyl (C=O) groups is 2. The Morgan fingerprint density at radius 2 is 1.57 bits per heavy atom. The molecule has 1 heterocycles. The van der Waals surface area contributed by atoms with Gasteiger partial charge >= 0.3 is 0 Å². The summed E-state index contributed by atoms with van der Waals surface area (Å²) in [5.41, 5.74) is 9.15. The summed E-state index contributed by atoms with van der Waals surface area (Å²) in [5, 5.41) is 18.2. The third-order valence-electron chi connectivity index (χ3n) is 3.22. The molecule has 2 aromatic rings. The van der Waals surface area contributed by atoms with Gasteiger partial charge in [0.15, 0.2) is 0 Å². The quantitative estimate of drug-likeness (QED) is 0.590. The van der Waals surface area contributed by atoms with Crippen molar-refractivity contribution in [1.82, 2.24) is 9.97 Å². The number of hydrogen-bond acceptors (Lipinski definition) is 6. The van der Waals surface area contributed by atoms with E-state index in [0.29, 0.717) is 6.54 Å². The molecule has 0 aliphatic heterocycles. The first-order valence-corrected chi connectivity index (χ1v) is 8.92. The van der Waals surface area contributed by atoms with Crippen molar-refractivity contribution in [3.8, 4) is 0 Å². The van der Waals surface area contributed by atoms with Crippen LogP contribution < -0.4 is 11.1 Å². The van der Waals surface area contributed by atoms with Gasteiger partial charge in [0.1, 0.15) is 11.6 Å². The number of benzene rings is 1. The maximum atomic E-state index is 9.00. The molecule has 0 amide bonds. The predicted molar refractivity (Wildman–Crippen MR) is 109 cm³/mol. The van der Waals surface area contributed by atoms with E-state index in [1.807, 2.05) is 13.1 Å². The largest absolute Gasteiger partial charge is 0.481 e. The fraction of sp³-hybridized carbons (Fsp3) is 0.400. The van der Waals surface area contributed by atoms with Crippen LogP contribution >= 0.6 is 0 Å². The first-order valence-electron chi connectivity index (χ1n) is 8.92. The second kappa shape index (κ2) is 14.1. The summed E-state index contributed by atoms with van der Waals surface area (Å²) in [4.78, 5) is 26.8. The molecule has 0 radical (unpaired) electrons. The average Bonchev–Trinajstić information content (AvgIpc) is 2.61. The molecule has 154 valence electrons. The van der Waals surface area contributed by atoms with Gasteiger partial charge in [-0.05, 0) is 24.5 Å². The Hall–Kier alpha value is -3.00. The fourth-order valence-electron chi connectivity index (χ4n) is 2.08. The number of carboxylic acids is 2. The molecule has 28 heavy (non-hydrogen) atoms. The van der Waals surface area contributed by atoms with Crippen LogP contribution in [0.25, 0.3) is 0 Å². The smallest absolute Gasteiger partial charge is 0.300 e. The second-order valence-corrected chi connectivity index (χ2v) is 5.95. The van der Waals surface area contributed by atoms with E-state index in [2.05, 4.69) is 46.5 Å². The molecule has 0 atom stereocenters. The zero-order valence-corrected chi connectivity index (χ0v) is 16.9. The molecular weight excluding hydrogens is 360 g/mol. The Kier molecular flexibility index (Phi) is 12.6. The van der Waals surface area contributed by atoms with Gasteiger partial charge in [0.25, 0.3) is 11.9 Å². The second-order valence-electron chi connectivity index (χ2n) is 5.95. The molecule has 8 nitrogen and oxygen atoms in total. The number of carboxylic acid groups (broad SMARTS) is 2. The summed E-state index contributed by atoms with van der Waals surface area (Å²) in [7, 11) is 0. The van der Waals surface area contributed by atoms with Crippen LogP contribution in [0.4, 0.5) is 5.82 Å². The van der Waals surface area contributed by atoms with Gasteiger partial charge in [-0.1, -0.05) is 37.6 Å². The Labute approximate surface area is 165 Å². The number of hydrogen-bond donors (Lipinski definition) is 4. The molecule has 5 N–H and O–H groups in total. The number of nitrogens with zero attached hydrogens (tertiary/aromatic N) is 2. The fourth-order valence-corrected chi connectivity index (χ4v) is 2.08. The van der Waals surface area contributed by atoms with Crippen LogP contribution in [-0.2, 0) is 29.1 Å². The highest BCUT2D eigenvalue weighted by Crippen LogP contribution is 2.15. The average molecular weight is 390 g/mol. The molecule has 1 aromatic heterocycles. The molecule has 8 heteroatoms. The van der Waals surface area contributed by atoms with Gasteiger partial charge in [-0.2, -0.15) is 0 Å². The van der Waals surface area contributed by atoms with Crippen LogP contribution in [0.15, 0.2) is 30.5 Å². The van der Waals surface area contributed by atoms with Crippen molar-refractivity contribution in [2.45, 2.75) is 53.6 Å². The highest BCUT2D eigenvalue weighted by molar-refractivity contribution is 5.63. The minimum absolute atomic E-state index is 0.583. The number of rotatable bonds is 6. The summed E-state index contributed by atoms with van der Waals surface area (Å²) in [6, 6.07) is 8.33. The van der Waals surface area contributed by atoms with Crippen molar-refractivity contribution in [2.75, 3.05) is 5.32 Å². The highest BCUT2D eigenvalue weighted by Gasteiger charge is 2.04. The first kappa shape index (κ1) is 25.0. The molecule has 0 bridgehead atoms. The monoisotopic (exact) mass is 390 g/mol. The molecule has 2 rings (SSSR count). The molecule has 0 aliphatic rings. The highest BCUT2D eigenvalue weighted by atomic mass is 16.4. The first-order chi connectivity index (χ1) is 13.2. The minimum atomic E-state index is -0.833. The van der Waals surface area contributed by atoms with Crippen LogP contribution in [0.1, 0.15) is 49.7 Å². The van der Waals surface area contributed by atoms with Crippen molar-refractivity contribution >= 4 is 17.8 Å². The number of aryl methyl sites for hydroxylation is 2. The number of nitrogens with one attached hydrogen (secondary N) is 1. The van der Waals surface area contributed by atoms with Crippen LogP contribution in [0, 0.1) is 6.92 Å². The molecule has 0 aliphatic carbocycles. The van der Waals surface area contributed by atoms with Crippen LogP contribution in [-0.4, -0.2) is 32.1 Å². The van der Waals surface area contributed by atoms with Crippen LogP contribution in [0.2, 0.25) is 0 Å². The van der Waals surface area contributed by atoms with Gasteiger partial charge in [0, 0.05) is 38.7 Å². The summed E-state index contributed by atoms with van der Waals surface area (Å²) in [6.07, 6.45) is 4.01. The maximum Gasteiger partial charge on any atom is 0.300 e. The van der Waals surface area contributed by atoms with E-state index >= 15 is 0 Å². The van der Waals surface area contributed by atoms with Crippen molar-refractivity contribution in [2.24, 2.45) is 5.73 Å². The Morgan fingerprint density at radius 3 is 2.04 bits per heavy atom. The molecule has 0 unspecified atom stereocenters. The third kappa shape index (κ3) is 12.4. The maximum absolute atomic E-state index is 9.00. The van der Waals surface area contributed by atoms with E-state index in [4.69, 9.17) is 25.5 Å². The lowest BCUT2D eigenvalue weighted by Gasteiger charge is -2.11. The Morgan fingerprint density at radius 1 is 1.07 bits per heavy atom. The van der Waals surface area contributed by atoms with Gasteiger partial charge in [-0.3, -0.25) is 9.59 Å². The summed E-state index contributed by atoms with van der Waals surface area (Å²) in [6.45, 7) is 7.59. The van der Waals surface area contributed by atoms with E-state index in [-0.39, 0.29) is 0 Å². The third-order valence-corrected chi connectivity index (χ3v) is 3.22. The van der Waals surface area contributed by atoms with Crippen LogP contribution in [0.3, 0.4) is 0 Å². The SMILES string of the molecule is CC(=O)O.CC(=O)O.CCCc1cnc(C)nc1NCc1ccc(CN)cc1. The number of aromatic nitrogens is 2. The zero-order valence-electron chi connectivity index (χ0n) is 16.9. The minimum Gasteiger partial charge on any atom is -0.481 e. The number of nitrogens with two attached hydrogens (primary N) is 1. The van der Waals surface area contributed by atoms with Gasteiger partial charge in [-0.15, -0.1) is 0 Å². The van der Waals surface area contributed by atoms with E-state index in [0.717, 1.165) is 50.4 Å². The Balaban J connectivity index is 0.000000776. The molecule has 0 saturated carbocycles. The van der Waals surface area contributed by atoms with E-state index < -0.39 is 11.9 Å². The topological polar surface area (TPSA) is 138 Å². The van der Waals surface area contributed by atoms with Crippen molar-refractivity contribution in [3.05, 3.63) is 53.0 Å². The van der Waals surface area contributed by atoms with Gasteiger partial charge < -0.3 is 21.3 Å². The molecule has 0 spiro atoms. The zero-order chi connectivity index (χ0) is 21.5. The Bertz CT molecular complexity index is 713. The number of anilines is 1. The lowest BCUT2D eigenvalue weighted by Crippen LogP contribution is -2.07. The summed E-state index contributed by atoms with van der Waals surface area (Å²) >= 11 is 0. The molecule has 0 fully saturated rings. The number of aliphatic carboxylic acids is 2. The van der Waals surface area contributed by atoms with Crippen molar-refractivity contribution < 1.29 is 19.8 Å². The summed E-state index contributed by atoms with van der Waals surface area (Å²) in [5.74, 6) is 0.0769. The standard InChI is InChI=1S/C16H22N4.2C2H4O2/c1-3-4-15-11-18-12(2)20-16(15)19-10-14-7-5-13(9-17)6-8-14;2*1-2(3)4/h5-8,11H,3-4,9-10,17H2,1-2H3,(H,18,19,20);2*1H3,(H,3,4). The van der Waals surface area contributed by atoms with Gasteiger partial charge in [-0.25, -0.2) is 9.97 Å².